The molecule has 0 aliphatic carbocycles. The minimum absolute atomic E-state index is 0.0172. The molecule has 3 rings (SSSR count). The average molecular weight is 252 g/mol. The number of fused-ring (bicyclic) bond motifs is 1. The van der Waals surface area contributed by atoms with Crippen molar-refractivity contribution in [3.63, 3.8) is 0 Å². The van der Waals surface area contributed by atoms with Gasteiger partial charge in [0.2, 0.25) is 5.84 Å². The fraction of sp³-hybridized carbons (Fsp3) is 0.0667. The van der Waals surface area contributed by atoms with Crippen LogP contribution in [-0.4, -0.2) is 16.3 Å². The Hall–Kier alpha value is -2.46. The first kappa shape index (κ1) is 11.6. The Balaban J connectivity index is 1.74. The third-order valence-corrected chi connectivity index (χ3v) is 3.19. The largest absolute Gasteiger partial charge is 0.432 e. The molecule has 0 fully saturated rings. The number of allylic oxidation sites excluding steroid dienone is 2. The highest BCUT2D eigenvalue weighted by Gasteiger charge is 2.41. The third-order valence-electron chi connectivity index (χ3n) is 3.19. The summed E-state index contributed by atoms with van der Waals surface area (Å²) in [6.45, 7) is 0.512. The van der Waals surface area contributed by atoms with Crippen LogP contribution in [0.1, 0.15) is 5.56 Å². The van der Waals surface area contributed by atoms with E-state index in [1.807, 2.05) is 54.8 Å². The second-order valence-electron chi connectivity index (χ2n) is 4.41. The molecular formula is C15H14N3O+. The topological polar surface area (TPSA) is 41.5 Å². The number of hydrogen-bond donors (Lipinski definition) is 1. The third kappa shape index (κ3) is 2.02. The number of nitrogens with one attached hydrogen (secondary N) is 1. The summed E-state index contributed by atoms with van der Waals surface area (Å²) < 4.78 is 0.0172. The normalized spacial score (nSPS) is 23.1. The monoisotopic (exact) mass is 252 g/mol. The minimum Gasteiger partial charge on any atom is -0.300 e. The highest BCUT2D eigenvalue weighted by Crippen LogP contribution is 2.22. The van der Waals surface area contributed by atoms with Crippen molar-refractivity contribution < 1.29 is 9.28 Å². The molecule has 94 valence electrons. The van der Waals surface area contributed by atoms with Gasteiger partial charge >= 0.3 is 6.03 Å². The second-order valence-corrected chi connectivity index (χ2v) is 4.41. The van der Waals surface area contributed by atoms with Crippen molar-refractivity contribution in [2.24, 2.45) is 4.99 Å². The van der Waals surface area contributed by atoms with E-state index in [-0.39, 0.29) is 10.5 Å². The molecule has 19 heavy (non-hydrogen) atoms. The zero-order chi connectivity index (χ0) is 13.1. The van der Waals surface area contributed by atoms with Crippen LogP contribution in [0.4, 0.5) is 4.79 Å². The Labute approximate surface area is 111 Å². The number of amides is 2. The van der Waals surface area contributed by atoms with E-state index in [2.05, 4.69) is 10.3 Å². The second kappa shape index (κ2) is 4.66. The summed E-state index contributed by atoms with van der Waals surface area (Å²) in [5.74, 6) is 0.716. The number of quaternary nitrogens is 1. The molecule has 0 saturated heterocycles. The molecule has 0 radical (unpaired) electrons. The highest BCUT2D eigenvalue weighted by molar-refractivity contribution is 5.98. The number of hydrogen-bond acceptors (Lipinski definition) is 2. The number of rotatable bonds is 2. The van der Waals surface area contributed by atoms with Gasteiger partial charge in [0.05, 0.1) is 6.20 Å². The van der Waals surface area contributed by atoms with Crippen molar-refractivity contribution in [3.05, 3.63) is 72.7 Å². The standard InChI is InChI=1S/C15H13N3O/c19-15(17-12-13-6-2-1-3-7-13)18-10-5-4-8-14(18)16-9-11-18/h1-11H,12H2/p+1. The molecule has 0 saturated carbocycles. The number of nitrogens with zero attached hydrogens (tertiary/aromatic N) is 2. The predicted molar refractivity (Wildman–Crippen MR) is 73.8 cm³/mol. The number of carbonyl (C=O) groups excluding carboxylic acids is 1. The Morgan fingerprint density at radius 2 is 2.00 bits per heavy atom. The Kier molecular flexibility index (Phi) is 2.85. The molecule has 1 atom stereocenters. The number of benzene rings is 1. The molecule has 1 N–H and O–H groups in total. The van der Waals surface area contributed by atoms with Crippen molar-refractivity contribution in [3.8, 4) is 0 Å². The summed E-state index contributed by atoms with van der Waals surface area (Å²) >= 11 is 0. The molecule has 0 bridgehead atoms. The van der Waals surface area contributed by atoms with Crippen LogP contribution in [0.25, 0.3) is 0 Å². The fourth-order valence-corrected chi connectivity index (χ4v) is 2.15. The van der Waals surface area contributed by atoms with Crippen molar-refractivity contribution in [1.82, 2.24) is 5.32 Å². The van der Waals surface area contributed by atoms with Crippen molar-refractivity contribution in [1.29, 1.82) is 0 Å². The van der Waals surface area contributed by atoms with Crippen LogP contribution in [0.5, 0.6) is 0 Å². The van der Waals surface area contributed by atoms with Gasteiger partial charge in [-0.3, -0.25) is 0 Å². The van der Waals surface area contributed by atoms with E-state index >= 15 is 0 Å². The van der Waals surface area contributed by atoms with Crippen molar-refractivity contribution in [2.75, 3.05) is 0 Å². The van der Waals surface area contributed by atoms with Gasteiger partial charge in [0.15, 0.2) is 0 Å². The van der Waals surface area contributed by atoms with Gasteiger partial charge in [0.25, 0.3) is 0 Å². The molecule has 2 amide bonds. The van der Waals surface area contributed by atoms with Gasteiger partial charge in [0, 0.05) is 12.6 Å². The van der Waals surface area contributed by atoms with Crippen LogP contribution < -0.4 is 5.32 Å². The average Bonchev–Trinajstić information content (AvgIpc) is 2.91. The van der Waals surface area contributed by atoms with E-state index in [1.165, 1.54) is 0 Å². The van der Waals surface area contributed by atoms with E-state index < -0.39 is 0 Å². The number of carbonyl (C=O) groups is 1. The lowest BCUT2D eigenvalue weighted by atomic mass is 10.2. The van der Waals surface area contributed by atoms with Gasteiger partial charge in [-0.1, -0.05) is 30.3 Å². The van der Waals surface area contributed by atoms with Gasteiger partial charge in [-0.2, -0.15) is 4.99 Å². The van der Waals surface area contributed by atoms with Crippen LogP contribution in [0.15, 0.2) is 72.2 Å². The van der Waals surface area contributed by atoms with Crippen molar-refractivity contribution in [2.45, 2.75) is 6.54 Å². The summed E-state index contributed by atoms with van der Waals surface area (Å²) in [7, 11) is 0. The maximum atomic E-state index is 12.4. The van der Waals surface area contributed by atoms with Gasteiger partial charge in [-0.05, 0) is 17.7 Å². The molecule has 2 heterocycles. The molecule has 0 aromatic heterocycles. The van der Waals surface area contributed by atoms with E-state index in [0.29, 0.717) is 12.4 Å². The SMILES string of the molecule is O=C(NCc1ccccc1)[N+]12C=CC=CC1=NC=C2. The zero-order valence-corrected chi connectivity index (χ0v) is 10.4. The zero-order valence-electron chi connectivity index (χ0n) is 10.4. The van der Waals surface area contributed by atoms with E-state index in [9.17, 15) is 4.79 Å². The summed E-state index contributed by atoms with van der Waals surface area (Å²) in [4.78, 5) is 16.6. The summed E-state index contributed by atoms with van der Waals surface area (Å²) in [6, 6.07) is 9.75. The lowest BCUT2D eigenvalue weighted by Crippen LogP contribution is -2.52. The summed E-state index contributed by atoms with van der Waals surface area (Å²) in [5, 5.41) is 2.95. The van der Waals surface area contributed by atoms with E-state index in [1.54, 1.807) is 12.4 Å². The van der Waals surface area contributed by atoms with Crippen LogP contribution in [0.3, 0.4) is 0 Å². The van der Waals surface area contributed by atoms with Gasteiger partial charge < -0.3 is 5.32 Å². The lowest BCUT2D eigenvalue weighted by molar-refractivity contribution is -0.635. The highest BCUT2D eigenvalue weighted by atomic mass is 16.2. The van der Waals surface area contributed by atoms with Gasteiger partial charge in [-0.25, -0.2) is 4.79 Å². The maximum Gasteiger partial charge on any atom is 0.432 e. The molecule has 4 heteroatoms. The van der Waals surface area contributed by atoms with Gasteiger partial charge in [-0.15, -0.1) is 4.48 Å². The molecule has 2 aliphatic rings. The smallest absolute Gasteiger partial charge is 0.300 e. The van der Waals surface area contributed by atoms with Crippen LogP contribution >= 0.6 is 0 Å². The fourth-order valence-electron chi connectivity index (χ4n) is 2.15. The van der Waals surface area contributed by atoms with Crippen molar-refractivity contribution >= 4 is 11.9 Å². The summed E-state index contributed by atoms with van der Waals surface area (Å²) in [5.41, 5.74) is 1.08. The lowest BCUT2D eigenvalue weighted by Gasteiger charge is -2.25. The van der Waals surface area contributed by atoms with Crippen LogP contribution in [-0.2, 0) is 6.54 Å². The molecule has 0 spiro atoms. The van der Waals surface area contributed by atoms with E-state index in [4.69, 9.17) is 0 Å². The minimum atomic E-state index is -0.100. The first-order valence-electron chi connectivity index (χ1n) is 6.14. The van der Waals surface area contributed by atoms with Gasteiger partial charge in [0.1, 0.15) is 12.4 Å². The van der Waals surface area contributed by atoms with Crippen LogP contribution in [0, 0.1) is 0 Å². The Morgan fingerprint density at radius 3 is 2.84 bits per heavy atom. The van der Waals surface area contributed by atoms with Crippen LogP contribution in [0.2, 0.25) is 0 Å². The number of urea groups is 1. The molecule has 2 aliphatic heterocycles. The quantitative estimate of drug-likeness (QED) is 0.808. The molecule has 1 aromatic carbocycles. The number of amidine groups is 1. The first-order chi connectivity index (χ1) is 9.31. The Morgan fingerprint density at radius 1 is 1.16 bits per heavy atom. The molecular weight excluding hydrogens is 238 g/mol. The number of aliphatic imine (C=N–C) groups is 1. The molecule has 1 unspecified atom stereocenters. The Bertz CT molecular complexity index is 614. The molecule has 1 aromatic rings. The predicted octanol–water partition coefficient (Wildman–Crippen LogP) is 2.68. The first-order valence-corrected chi connectivity index (χ1v) is 6.14. The molecule has 4 nitrogen and oxygen atoms in total. The maximum absolute atomic E-state index is 12.4. The van der Waals surface area contributed by atoms with E-state index in [0.717, 1.165) is 5.56 Å². The summed E-state index contributed by atoms with van der Waals surface area (Å²) in [6.07, 6.45) is 10.8.